The van der Waals surface area contributed by atoms with Gasteiger partial charge in [0.2, 0.25) is 0 Å². The van der Waals surface area contributed by atoms with Gasteiger partial charge in [0.15, 0.2) is 0 Å². The zero-order valence-corrected chi connectivity index (χ0v) is 6.89. The molecule has 0 aliphatic heterocycles. The van der Waals surface area contributed by atoms with Gasteiger partial charge < -0.3 is 5.32 Å². The summed E-state index contributed by atoms with van der Waals surface area (Å²) in [5.41, 5.74) is 3.15. The van der Waals surface area contributed by atoms with E-state index in [1.807, 2.05) is 32.2 Å². The van der Waals surface area contributed by atoms with Gasteiger partial charge in [0, 0.05) is 7.05 Å². The summed E-state index contributed by atoms with van der Waals surface area (Å²) in [6, 6.07) is 6.02. The monoisotopic (exact) mass is 148 g/mol. The summed E-state index contributed by atoms with van der Waals surface area (Å²) < 4.78 is 0. The lowest BCUT2D eigenvalue weighted by Gasteiger charge is -2.04. The van der Waals surface area contributed by atoms with E-state index in [9.17, 15) is 0 Å². The molecule has 1 aromatic carbocycles. The van der Waals surface area contributed by atoms with Crippen LogP contribution in [0.5, 0.6) is 0 Å². The Morgan fingerprint density at radius 2 is 2.18 bits per heavy atom. The van der Waals surface area contributed by atoms with Crippen LogP contribution in [0.1, 0.15) is 5.56 Å². The summed E-state index contributed by atoms with van der Waals surface area (Å²) in [6.45, 7) is 5.53. The van der Waals surface area contributed by atoms with E-state index in [0.717, 1.165) is 11.4 Å². The number of aryl methyl sites for hydroxylation is 1. The van der Waals surface area contributed by atoms with Crippen molar-refractivity contribution in [2.45, 2.75) is 6.92 Å². The topological polar surface area (TPSA) is 24.4 Å². The molecule has 0 aliphatic rings. The van der Waals surface area contributed by atoms with E-state index in [0.29, 0.717) is 0 Å². The lowest BCUT2D eigenvalue weighted by atomic mass is 10.2. The zero-order chi connectivity index (χ0) is 8.27. The van der Waals surface area contributed by atoms with Crippen LogP contribution in [0.2, 0.25) is 0 Å². The number of aliphatic imine (C=N–C) groups is 1. The number of rotatable bonds is 2. The molecule has 0 bridgehead atoms. The van der Waals surface area contributed by atoms with Crippen LogP contribution >= 0.6 is 0 Å². The molecule has 2 heteroatoms. The van der Waals surface area contributed by atoms with E-state index in [1.165, 1.54) is 5.56 Å². The van der Waals surface area contributed by atoms with Gasteiger partial charge in [-0.05, 0) is 31.3 Å². The summed E-state index contributed by atoms with van der Waals surface area (Å²) in [5, 5.41) is 3.05. The van der Waals surface area contributed by atoms with Crippen LogP contribution in [0.4, 0.5) is 11.4 Å². The van der Waals surface area contributed by atoms with Crippen LogP contribution in [-0.4, -0.2) is 13.8 Å². The van der Waals surface area contributed by atoms with Crippen molar-refractivity contribution in [2.75, 3.05) is 12.4 Å². The molecule has 0 spiro atoms. The summed E-state index contributed by atoms with van der Waals surface area (Å²) in [5.74, 6) is 0. The molecule has 58 valence electrons. The summed E-state index contributed by atoms with van der Waals surface area (Å²) in [7, 11) is 1.88. The quantitative estimate of drug-likeness (QED) is 0.640. The molecule has 1 rings (SSSR count). The third-order valence-electron chi connectivity index (χ3n) is 1.59. The number of nitrogens with one attached hydrogen (secondary N) is 1. The molecular weight excluding hydrogens is 136 g/mol. The fourth-order valence-corrected chi connectivity index (χ4v) is 0.988. The molecular formula is C9H12N2. The largest absolute Gasteiger partial charge is 0.386 e. The highest BCUT2D eigenvalue weighted by Crippen LogP contribution is 2.24. The van der Waals surface area contributed by atoms with Crippen LogP contribution in [0.3, 0.4) is 0 Å². The minimum Gasteiger partial charge on any atom is -0.386 e. The lowest BCUT2D eigenvalue weighted by molar-refractivity contribution is 1.40. The van der Waals surface area contributed by atoms with Crippen molar-refractivity contribution in [3.05, 3.63) is 23.8 Å². The van der Waals surface area contributed by atoms with Crippen LogP contribution < -0.4 is 5.32 Å². The normalized spacial score (nSPS) is 9.27. The van der Waals surface area contributed by atoms with Gasteiger partial charge in [-0.1, -0.05) is 6.07 Å². The SMILES string of the molecule is C=Nc1ccc(C)cc1NC. The molecule has 0 radical (unpaired) electrons. The highest BCUT2D eigenvalue weighted by Gasteiger charge is 1.96. The first-order chi connectivity index (χ1) is 5.27. The van der Waals surface area contributed by atoms with Crippen molar-refractivity contribution >= 4 is 18.1 Å². The molecule has 1 aromatic rings. The van der Waals surface area contributed by atoms with Gasteiger partial charge >= 0.3 is 0 Å². The average Bonchev–Trinajstić information content (AvgIpc) is 2.04. The minimum absolute atomic E-state index is 0.901. The van der Waals surface area contributed by atoms with Gasteiger partial charge in [0.1, 0.15) is 0 Å². The summed E-state index contributed by atoms with van der Waals surface area (Å²) in [4.78, 5) is 3.87. The van der Waals surface area contributed by atoms with Crippen LogP contribution in [-0.2, 0) is 0 Å². The van der Waals surface area contributed by atoms with Crippen LogP contribution in [0, 0.1) is 6.92 Å². The molecule has 0 unspecified atom stereocenters. The maximum Gasteiger partial charge on any atom is 0.0853 e. The highest BCUT2D eigenvalue weighted by atomic mass is 14.9. The van der Waals surface area contributed by atoms with E-state index >= 15 is 0 Å². The van der Waals surface area contributed by atoms with Gasteiger partial charge in [0.25, 0.3) is 0 Å². The van der Waals surface area contributed by atoms with E-state index < -0.39 is 0 Å². The van der Waals surface area contributed by atoms with E-state index in [4.69, 9.17) is 0 Å². The highest BCUT2D eigenvalue weighted by molar-refractivity contribution is 5.68. The van der Waals surface area contributed by atoms with Gasteiger partial charge in [-0.15, -0.1) is 0 Å². The van der Waals surface area contributed by atoms with Crippen LogP contribution in [0.25, 0.3) is 0 Å². The fourth-order valence-electron chi connectivity index (χ4n) is 0.988. The smallest absolute Gasteiger partial charge is 0.0853 e. The van der Waals surface area contributed by atoms with E-state index in [1.54, 1.807) is 0 Å². The van der Waals surface area contributed by atoms with Crippen molar-refractivity contribution in [1.82, 2.24) is 0 Å². The molecule has 2 nitrogen and oxygen atoms in total. The maximum atomic E-state index is 3.87. The Balaban J connectivity index is 3.16. The number of hydrogen-bond acceptors (Lipinski definition) is 2. The van der Waals surface area contributed by atoms with E-state index in [2.05, 4.69) is 17.0 Å². The van der Waals surface area contributed by atoms with Crippen molar-refractivity contribution in [3.8, 4) is 0 Å². The molecule has 0 fully saturated rings. The molecule has 0 aromatic heterocycles. The standard InChI is InChI=1S/C9H12N2/c1-7-4-5-8(10-2)9(6-7)11-3/h4-6,11H,2H2,1,3H3. The van der Waals surface area contributed by atoms with Crippen LogP contribution in [0.15, 0.2) is 23.2 Å². The van der Waals surface area contributed by atoms with E-state index in [-0.39, 0.29) is 0 Å². The Labute approximate surface area is 67.0 Å². The Morgan fingerprint density at radius 3 is 2.73 bits per heavy atom. The zero-order valence-electron chi connectivity index (χ0n) is 6.89. The van der Waals surface area contributed by atoms with Crippen molar-refractivity contribution < 1.29 is 0 Å². The predicted molar refractivity (Wildman–Crippen MR) is 49.9 cm³/mol. The van der Waals surface area contributed by atoms with Gasteiger partial charge in [0.05, 0.1) is 11.4 Å². The second-order valence-corrected chi connectivity index (χ2v) is 2.43. The number of hydrogen-bond donors (Lipinski definition) is 1. The third kappa shape index (κ3) is 1.58. The Hall–Kier alpha value is -1.31. The number of anilines is 1. The Bertz CT molecular complexity index is 266. The van der Waals surface area contributed by atoms with Gasteiger partial charge in [-0.3, -0.25) is 4.99 Å². The van der Waals surface area contributed by atoms with Gasteiger partial charge in [-0.2, -0.15) is 0 Å². The maximum absolute atomic E-state index is 3.87. The first-order valence-electron chi connectivity index (χ1n) is 3.53. The molecule has 0 atom stereocenters. The molecule has 0 heterocycles. The first-order valence-corrected chi connectivity index (χ1v) is 3.53. The third-order valence-corrected chi connectivity index (χ3v) is 1.59. The van der Waals surface area contributed by atoms with Gasteiger partial charge in [-0.25, -0.2) is 0 Å². The molecule has 1 N–H and O–H groups in total. The molecule has 0 aliphatic carbocycles. The lowest BCUT2D eigenvalue weighted by Crippen LogP contribution is -1.88. The molecule has 0 amide bonds. The second kappa shape index (κ2) is 3.19. The van der Waals surface area contributed by atoms with Crippen molar-refractivity contribution in [2.24, 2.45) is 4.99 Å². The molecule has 0 saturated heterocycles. The number of benzene rings is 1. The fraction of sp³-hybridized carbons (Fsp3) is 0.222. The second-order valence-electron chi connectivity index (χ2n) is 2.43. The molecule has 11 heavy (non-hydrogen) atoms. The molecule has 0 saturated carbocycles. The Morgan fingerprint density at radius 1 is 1.45 bits per heavy atom. The predicted octanol–water partition coefficient (Wildman–Crippen LogP) is 2.37. The van der Waals surface area contributed by atoms with Crippen molar-refractivity contribution in [1.29, 1.82) is 0 Å². The summed E-state index contributed by atoms with van der Waals surface area (Å²) in [6.07, 6.45) is 0. The first kappa shape index (κ1) is 7.79. The summed E-state index contributed by atoms with van der Waals surface area (Å²) >= 11 is 0. The Kier molecular flexibility index (Phi) is 2.26. The average molecular weight is 148 g/mol. The van der Waals surface area contributed by atoms with Crippen molar-refractivity contribution in [3.63, 3.8) is 0 Å². The number of nitrogens with zero attached hydrogens (tertiary/aromatic N) is 1. The minimum atomic E-state index is 0.901.